The Morgan fingerprint density at radius 2 is 0.958 bits per heavy atom. The van der Waals surface area contributed by atoms with E-state index in [0.717, 1.165) is 70.6 Å². The zero-order valence-corrected chi connectivity index (χ0v) is 46.6. The number of esters is 1. The van der Waals surface area contributed by atoms with Crippen LogP contribution in [0, 0.1) is 0 Å². The molecule has 11 heteroatoms. The Bertz CT molecular complexity index is 1310. The first kappa shape index (κ1) is 67.9. The standard InChI is InChI=1S/C61H113NO10/c1-4-7-10-13-16-19-22-25-26-27-28-29-31-33-36-39-42-45-48-54(65)60(69)62-52(53(64)47-44-41-38-35-32-24-21-18-15-12-9-6-3)51-70-61-59(58(68)57(67)55(50-63)71-61)72-56(66)49-46-43-40-37-34-30-23-20-17-14-11-8-5-2/h16,19,25-26,44,47,52-55,57-59,61,63-65,67-68H,4-15,17-18,20-24,27-43,45-46,48-51H2,1-3H3,(H,62,69)/b19-16-,26-25-,47-44+. The average molecular weight is 1020 g/mol. The highest BCUT2D eigenvalue weighted by molar-refractivity contribution is 5.80. The molecule has 1 heterocycles. The number of rotatable bonds is 51. The monoisotopic (exact) mass is 1020 g/mol. The van der Waals surface area contributed by atoms with Crippen LogP contribution in [-0.4, -0.2) is 99.6 Å². The Kier molecular flexibility index (Phi) is 46.9. The predicted octanol–water partition coefficient (Wildman–Crippen LogP) is 13.9. The van der Waals surface area contributed by atoms with Gasteiger partial charge in [0.2, 0.25) is 5.91 Å². The van der Waals surface area contributed by atoms with Gasteiger partial charge in [0, 0.05) is 6.42 Å². The third kappa shape index (κ3) is 37.6. The molecular formula is C61H113NO10. The minimum atomic E-state index is -1.61. The van der Waals surface area contributed by atoms with Gasteiger partial charge in [-0.2, -0.15) is 0 Å². The number of nitrogens with one attached hydrogen (secondary N) is 1. The largest absolute Gasteiger partial charge is 0.454 e. The van der Waals surface area contributed by atoms with Gasteiger partial charge in [-0.05, 0) is 57.8 Å². The van der Waals surface area contributed by atoms with Crippen molar-refractivity contribution in [1.82, 2.24) is 5.32 Å². The van der Waals surface area contributed by atoms with E-state index in [2.05, 4.69) is 50.4 Å². The lowest BCUT2D eigenvalue weighted by atomic mass is 9.99. The number of ether oxygens (including phenoxy) is 3. The van der Waals surface area contributed by atoms with Crippen molar-refractivity contribution in [2.75, 3.05) is 13.2 Å². The lowest BCUT2D eigenvalue weighted by Crippen LogP contribution is -2.61. The topological polar surface area (TPSA) is 175 Å². The van der Waals surface area contributed by atoms with E-state index in [9.17, 15) is 35.1 Å². The maximum Gasteiger partial charge on any atom is 0.306 e. The molecule has 0 radical (unpaired) electrons. The van der Waals surface area contributed by atoms with Crippen molar-refractivity contribution in [3.05, 3.63) is 36.5 Å². The summed E-state index contributed by atoms with van der Waals surface area (Å²) < 4.78 is 17.6. The number of hydrogen-bond donors (Lipinski definition) is 6. The Labute approximate surface area is 441 Å². The highest BCUT2D eigenvalue weighted by atomic mass is 16.7. The molecule has 0 aromatic carbocycles. The van der Waals surface area contributed by atoms with Gasteiger partial charge in [0.25, 0.3) is 0 Å². The molecule has 1 fully saturated rings. The van der Waals surface area contributed by atoms with E-state index < -0.39 is 67.4 Å². The minimum Gasteiger partial charge on any atom is -0.454 e. The second kappa shape index (κ2) is 49.7. The van der Waals surface area contributed by atoms with Crippen LogP contribution in [0.1, 0.15) is 278 Å². The molecule has 422 valence electrons. The van der Waals surface area contributed by atoms with E-state index >= 15 is 0 Å². The van der Waals surface area contributed by atoms with Gasteiger partial charge in [0.15, 0.2) is 12.4 Å². The van der Waals surface area contributed by atoms with Crippen LogP contribution in [-0.2, 0) is 23.8 Å². The fraction of sp³-hybridized carbons (Fsp3) is 0.869. The molecule has 0 spiro atoms. The molecular weight excluding hydrogens is 907 g/mol. The van der Waals surface area contributed by atoms with Gasteiger partial charge < -0.3 is 45.1 Å². The van der Waals surface area contributed by atoms with Crippen LogP contribution in [0.15, 0.2) is 36.5 Å². The maximum absolute atomic E-state index is 13.4. The van der Waals surface area contributed by atoms with Gasteiger partial charge in [-0.25, -0.2) is 0 Å². The number of carbonyl (C=O) groups excluding carboxylic acids is 2. The summed E-state index contributed by atoms with van der Waals surface area (Å²) in [6.45, 7) is 5.77. The molecule has 72 heavy (non-hydrogen) atoms. The molecule has 6 N–H and O–H groups in total. The molecule has 8 unspecified atom stereocenters. The van der Waals surface area contributed by atoms with Gasteiger partial charge in [-0.15, -0.1) is 0 Å². The van der Waals surface area contributed by atoms with E-state index in [1.54, 1.807) is 6.08 Å². The molecule has 1 rings (SSSR count). The molecule has 1 aliphatic rings. The van der Waals surface area contributed by atoms with Crippen molar-refractivity contribution in [2.45, 2.75) is 327 Å². The van der Waals surface area contributed by atoms with Gasteiger partial charge in [0.05, 0.1) is 25.4 Å². The maximum atomic E-state index is 13.4. The Morgan fingerprint density at radius 1 is 0.542 bits per heavy atom. The summed E-state index contributed by atoms with van der Waals surface area (Å²) in [5.41, 5.74) is 0. The number of carbonyl (C=O) groups is 2. The SMILES string of the molecule is CCCCC/C=C\C/C=C\CCCCCCCCCCC(O)C(=O)NC(COC1OC(CO)C(O)C(O)C1OC(=O)CCCCCCCCCCCCCCC)C(O)/C=C/CCCCCCCCCCCC. The molecule has 0 saturated carbocycles. The summed E-state index contributed by atoms with van der Waals surface area (Å²) in [6, 6.07) is -1.02. The number of unbranched alkanes of at least 4 members (excludes halogenated alkanes) is 33. The van der Waals surface area contributed by atoms with Crippen molar-refractivity contribution in [1.29, 1.82) is 0 Å². The van der Waals surface area contributed by atoms with E-state index in [4.69, 9.17) is 14.2 Å². The van der Waals surface area contributed by atoms with Crippen LogP contribution in [0.25, 0.3) is 0 Å². The summed E-state index contributed by atoms with van der Waals surface area (Å²) in [7, 11) is 0. The van der Waals surface area contributed by atoms with E-state index in [0.29, 0.717) is 12.8 Å². The number of aliphatic hydroxyl groups is 5. The zero-order valence-electron chi connectivity index (χ0n) is 46.6. The molecule has 1 saturated heterocycles. The summed E-state index contributed by atoms with van der Waals surface area (Å²) in [6.07, 6.45) is 47.5. The first-order valence-electron chi connectivity index (χ1n) is 30.3. The second-order valence-electron chi connectivity index (χ2n) is 21.1. The Morgan fingerprint density at radius 3 is 1.44 bits per heavy atom. The van der Waals surface area contributed by atoms with Crippen LogP contribution in [0.2, 0.25) is 0 Å². The summed E-state index contributed by atoms with van der Waals surface area (Å²) >= 11 is 0. The van der Waals surface area contributed by atoms with Gasteiger partial charge in [-0.3, -0.25) is 9.59 Å². The van der Waals surface area contributed by atoms with Gasteiger partial charge >= 0.3 is 5.97 Å². The van der Waals surface area contributed by atoms with E-state index in [-0.39, 0.29) is 19.4 Å². The van der Waals surface area contributed by atoms with Gasteiger partial charge in [0.1, 0.15) is 24.4 Å². The van der Waals surface area contributed by atoms with Crippen LogP contribution >= 0.6 is 0 Å². The Hall–Kier alpha value is -2.12. The molecule has 1 amide bonds. The average Bonchev–Trinajstić information content (AvgIpc) is 3.38. The third-order valence-electron chi connectivity index (χ3n) is 14.3. The minimum absolute atomic E-state index is 0.127. The van der Waals surface area contributed by atoms with Crippen molar-refractivity contribution in [3.8, 4) is 0 Å². The van der Waals surface area contributed by atoms with Crippen molar-refractivity contribution in [3.63, 3.8) is 0 Å². The number of hydrogen-bond acceptors (Lipinski definition) is 10. The zero-order chi connectivity index (χ0) is 52.5. The predicted molar refractivity (Wildman–Crippen MR) is 297 cm³/mol. The molecule has 8 atom stereocenters. The fourth-order valence-corrected chi connectivity index (χ4v) is 9.45. The fourth-order valence-electron chi connectivity index (χ4n) is 9.45. The smallest absolute Gasteiger partial charge is 0.306 e. The first-order valence-corrected chi connectivity index (χ1v) is 30.3. The van der Waals surface area contributed by atoms with Crippen molar-refractivity contribution >= 4 is 11.9 Å². The normalized spacial score (nSPS) is 19.7. The first-order chi connectivity index (χ1) is 35.2. The number of aliphatic hydroxyl groups excluding tert-OH is 5. The molecule has 0 aromatic rings. The lowest BCUT2D eigenvalue weighted by molar-refractivity contribution is -0.305. The van der Waals surface area contributed by atoms with Crippen molar-refractivity contribution < 1.29 is 49.3 Å². The lowest BCUT2D eigenvalue weighted by Gasteiger charge is -2.41. The Balaban J connectivity index is 2.70. The van der Waals surface area contributed by atoms with Crippen LogP contribution in [0.3, 0.4) is 0 Å². The van der Waals surface area contributed by atoms with Crippen LogP contribution < -0.4 is 5.32 Å². The molecule has 0 aliphatic carbocycles. The summed E-state index contributed by atoms with van der Waals surface area (Å²) in [4.78, 5) is 26.5. The molecule has 0 aromatic heterocycles. The summed E-state index contributed by atoms with van der Waals surface area (Å²) in [5.74, 6) is -1.19. The molecule has 1 aliphatic heterocycles. The second-order valence-corrected chi connectivity index (χ2v) is 21.1. The van der Waals surface area contributed by atoms with Gasteiger partial charge in [-0.1, -0.05) is 250 Å². The highest BCUT2D eigenvalue weighted by Gasteiger charge is 2.47. The highest BCUT2D eigenvalue weighted by Crippen LogP contribution is 2.26. The number of amides is 1. The summed E-state index contributed by atoms with van der Waals surface area (Å²) in [5, 5.41) is 56.9. The van der Waals surface area contributed by atoms with E-state index in [1.165, 1.54) is 161 Å². The molecule has 11 nitrogen and oxygen atoms in total. The third-order valence-corrected chi connectivity index (χ3v) is 14.3. The van der Waals surface area contributed by atoms with Crippen LogP contribution in [0.5, 0.6) is 0 Å². The van der Waals surface area contributed by atoms with Crippen LogP contribution in [0.4, 0.5) is 0 Å². The van der Waals surface area contributed by atoms with Crippen molar-refractivity contribution in [2.24, 2.45) is 0 Å². The van der Waals surface area contributed by atoms with E-state index in [1.807, 2.05) is 6.08 Å². The number of allylic oxidation sites excluding steroid dienone is 5. The molecule has 0 bridgehead atoms. The quantitative estimate of drug-likeness (QED) is 0.0195.